The predicted molar refractivity (Wildman–Crippen MR) is 67.7 cm³/mol. The molecule has 0 aliphatic rings. The third-order valence-electron chi connectivity index (χ3n) is 1.67. The number of rotatable bonds is 8. The zero-order chi connectivity index (χ0) is 11.1. The molecule has 0 aromatic rings. The highest BCUT2D eigenvalue weighted by Gasteiger charge is 1.81. The number of allylic oxidation sites excluding steroid dienone is 2. The third-order valence-corrected chi connectivity index (χ3v) is 1.67. The van der Waals surface area contributed by atoms with Crippen molar-refractivity contribution in [2.24, 2.45) is 0 Å². The molecule has 0 spiro atoms. The molecule has 0 aliphatic heterocycles. The molecule has 0 rings (SSSR count). The molecule has 0 radical (unpaired) electrons. The van der Waals surface area contributed by atoms with Gasteiger partial charge in [0.05, 0.1) is 0 Å². The number of unbranched alkanes of at least 4 members (excludes halogenated alkanes) is 2. The van der Waals surface area contributed by atoms with Crippen LogP contribution in [0, 0.1) is 0 Å². The lowest BCUT2D eigenvalue weighted by molar-refractivity contribution is 0.680. The van der Waals surface area contributed by atoms with Gasteiger partial charge in [-0.2, -0.15) is 0 Å². The number of hydrogen-bond acceptors (Lipinski definition) is 1. The Morgan fingerprint density at radius 2 is 1.86 bits per heavy atom. The maximum absolute atomic E-state index is 3.67. The van der Waals surface area contributed by atoms with Crippen molar-refractivity contribution < 1.29 is 0 Å². The van der Waals surface area contributed by atoms with Crippen molar-refractivity contribution >= 4 is 0 Å². The highest BCUT2D eigenvalue weighted by Crippen LogP contribution is 1.90. The Hall–Kier alpha value is -0.560. The van der Waals surface area contributed by atoms with Crippen molar-refractivity contribution in [1.29, 1.82) is 0 Å². The Balaban J connectivity index is 0. The molecule has 0 aromatic heterocycles. The van der Waals surface area contributed by atoms with Crippen molar-refractivity contribution in [3.63, 3.8) is 0 Å². The summed E-state index contributed by atoms with van der Waals surface area (Å²) in [5.74, 6) is 0. The van der Waals surface area contributed by atoms with Gasteiger partial charge in [-0.05, 0) is 25.8 Å². The fraction of sp³-hybridized carbons (Fsp3) is 0.692. The van der Waals surface area contributed by atoms with Crippen LogP contribution in [0.5, 0.6) is 0 Å². The Labute approximate surface area is 90.3 Å². The molecule has 84 valence electrons. The van der Waals surface area contributed by atoms with E-state index in [2.05, 4.69) is 31.0 Å². The van der Waals surface area contributed by atoms with Crippen LogP contribution < -0.4 is 5.32 Å². The van der Waals surface area contributed by atoms with Crippen LogP contribution in [0.25, 0.3) is 0 Å². The first kappa shape index (κ1) is 15.9. The minimum atomic E-state index is 1.01. The van der Waals surface area contributed by atoms with Crippen molar-refractivity contribution in [2.45, 2.75) is 46.5 Å². The Morgan fingerprint density at radius 1 is 1.14 bits per heavy atom. The van der Waals surface area contributed by atoms with Crippen molar-refractivity contribution in [2.75, 3.05) is 13.1 Å². The Kier molecular flexibility index (Phi) is 20.7. The van der Waals surface area contributed by atoms with E-state index in [4.69, 9.17) is 0 Å². The maximum Gasteiger partial charge on any atom is 0.0134 e. The van der Waals surface area contributed by atoms with Crippen LogP contribution in [0.2, 0.25) is 0 Å². The first-order chi connectivity index (χ1) is 6.91. The first-order valence-corrected chi connectivity index (χ1v) is 5.88. The van der Waals surface area contributed by atoms with Crippen molar-refractivity contribution in [3.8, 4) is 0 Å². The lowest BCUT2D eigenvalue weighted by Gasteiger charge is -1.97. The van der Waals surface area contributed by atoms with E-state index in [9.17, 15) is 0 Å². The Morgan fingerprint density at radius 3 is 2.43 bits per heavy atom. The van der Waals surface area contributed by atoms with Crippen LogP contribution >= 0.6 is 0 Å². The van der Waals surface area contributed by atoms with Gasteiger partial charge in [-0.15, -0.1) is 6.58 Å². The van der Waals surface area contributed by atoms with Gasteiger partial charge < -0.3 is 5.32 Å². The zero-order valence-corrected chi connectivity index (χ0v) is 10.2. The van der Waals surface area contributed by atoms with Crippen LogP contribution in [0.15, 0.2) is 24.8 Å². The van der Waals surface area contributed by atoms with Crippen molar-refractivity contribution in [3.05, 3.63) is 24.8 Å². The van der Waals surface area contributed by atoms with Crippen LogP contribution in [-0.2, 0) is 0 Å². The SMILES string of the molecule is C=CCC/C=C/CNCCCC.CC. The van der Waals surface area contributed by atoms with E-state index in [1.54, 1.807) is 0 Å². The first-order valence-electron chi connectivity index (χ1n) is 5.88. The highest BCUT2D eigenvalue weighted by molar-refractivity contribution is 4.85. The molecule has 14 heavy (non-hydrogen) atoms. The second-order valence-electron chi connectivity index (χ2n) is 2.90. The monoisotopic (exact) mass is 197 g/mol. The van der Waals surface area contributed by atoms with Crippen LogP contribution in [-0.4, -0.2) is 13.1 Å². The molecule has 0 unspecified atom stereocenters. The molecule has 1 N–H and O–H groups in total. The van der Waals surface area contributed by atoms with Gasteiger partial charge >= 0.3 is 0 Å². The smallest absolute Gasteiger partial charge is 0.0134 e. The summed E-state index contributed by atoms with van der Waals surface area (Å²) in [5.41, 5.74) is 0. The van der Waals surface area contributed by atoms with E-state index in [-0.39, 0.29) is 0 Å². The maximum atomic E-state index is 3.67. The average molecular weight is 197 g/mol. The molecule has 0 atom stereocenters. The zero-order valence-electron chi connectivity index (χ0n) is 10.2. The lowest BCUT2D eigenvalue weighted by atomic mass is 10.3. The normalized spacial score (nSPS) is 9.64. The van der Waals surface area contributed by atoms with Gasteiger partial charge in [0.2, 0.25) is 0 Å². The molecule has 0 bridgehead atoms. The lowest BCUT2D eigenvalue weighted by Crippen LogP contribution is -2.14. The minimum Gasteiger partial charge on any atom is -0.313 e. The fourth-order valence-electron chi connectivity index (χ4n) is 0.902. The summed E-state index contributed by atoms with van der Waals surface area (Å²) < 4.78 is 0. The quantitative estimate of drug-likeness (QED) is 0.459. The Bertz CT molecular complexity index is 116. The summed E-state index contributed by atoms with van der Waals surface area (Å²) in [6.07, 6.45) is 11.1. The van der Waals surface area contributed by atoms with Crippen LogP contribution in [0.1, 0.15) is 46.5 Å². The largest absolute Gasteiger partial charge is 0.313 e. The summed E-state index contributed by atoms with van der Waals surface area (Å²) in [5, 5.41) is 3.35. The third kappa shape index (κ3) is 17.5. The molecule has 0 amide bonds. The van der Waals surface area contributed by atoms with E-state index in [0.717, 1.165) is 25.9 Å². The van der Waals surface area contributed by atoms with Gasteiger partial charge in [0.1, 0.15) is 0 Å². The van der Waals surface area contributed by atoms with Crippen molar-refractivity contribution in [1.82, 2.24) is 5.32 Å². The molecule has 0 saturated carbocycles. The van der Waals surface area contributed by atoms with Crippen LogP contribution in [0.3, 0.4) is 0 Å². The summed E-state index contributed by atoms with van der Waals surface area (Å²) in [4.78, 5) is 0. The molecular weight excluding hydrogens is 170 g/mol. The highest BCUT2D eigenvalue weighted by atomic mass is 14.8. The number of hydrogen-bond donors (Lipinski definition) is 1. The fourth-order valence-corrected chi connectivity index (χ4v) is 0.902. The predicted octanol–water partition coefficient (Wildman–Crippen LogP) is 3.92. The topological polar surface area (TPSA) is 12.0 Å². The van der Waals surface area contributed by atoms with Gasteiger partial charge in [0, 0.05) is 6.54 Å². The molecule has 0 heterocycles. The van der Waals surface area contributed by atoms with E-state index in [1.807, 2.05) is 19.9 Å². The van der Waals surface area contributed by atoms with Gasteiger partial charge in [0.15, 0.2) is 0 Å². The standard InChI is InChI=1S/C11H21N.C2H6/c1-3-5-7-8-9-11-12-10-6-4-2;1-2/h3,8-9,12H,1,4-7,10-11H2,2H3;1-2H3/b9-8+;. The average Bonchev–Trinajstić information content (AvgIpc) is 2.25. The molecule has 1 nitrogen and oxygen atoms in total. The molecule has 1 heteroatoms. The van der Waals surface area contributed by atoms with E-state index in [1.165, 1.54) is 12.8 Å². The molecule has 0 aliphatic carbocycles. The van der Waals surface area contributed by atoms with Crippen LogP contribution in [0.4, 0.5) is 0 Å². The summed E-state index contributed by atoms with van der Waals surface area (Å²) in [6, 6.07) is 0. The van der Waals surface area contributed by atoms with E-state index < -0.39 is 0 Å². The minimum absolute atomic E-state index is 1.01. The molecular formula is C13H27N. The molecule has 0 saturated heterocycles. The summed E-state index contributed by atoms with van der Waals surface area (Å²) in [6.45, 7) is 12.0. The van der Waals surface area contributed by atoms with Gasteiger partial charge in [-0.3, -0.25) is 0 Å². The second-order valence-corrected chi connectivity index (χ2v) is 2.90. The molecule has 0 aromatic carbocycles. The molecule has 0 fully saturated rings. The van der Waals surface area contributed by atoms with E-state index >= 15 is 0 Å². The summed E-state index contributed by atoms with van der Waals surface area (Å²) in [7, 11) is 0. The van der Waals surface area contributed by atoms with E-state index in [0.29, 0.717) is 0 Å². The summed E-state index contributed by atoms with van der Waals surface area (Å²) >= 11 is 0. The van der Waals surface area contributed by atoms with Gasteiger partial charge in [-0.1, -0.05) is 45.4 Å². The van der Waals surface area contributed by atoms with Gasteiger partial charge in [0.25, 0.3) is 0 Å². The second kappa shape index (κ2) is 18.3. The van der Waals surface area contributed by atoms with Gasteiger partial charge in [-0.25, -0.2) is 0 Å². The number of nitrogens with one attached hydrogen (secondary N) is 1.